The molecule has 1 aliphatic rings. The Morgan fingerprint density at radius 3 is 2.87 bits per heavy atom. The van der Waals surface area contributed by atoms with E-state index in [9.17, 15) is 9.59 Å². The van der Waals surface area contributed by atoms with E-state index in [0.29, 0.717) is 18.0 Å². The van der Waals surface area contributed by atoms with Crippen LogP contribution in [0.5, 0.6) is 0 Å². The second kappa shape index (κ2) is 7.19. The van der Waals surface area contributed by atoms with E-state index in [-0.39, 0.29) is 11.6 Å². The van der Waals surface area contributed by atoms with Crippen molar-refractivity contribution in [1.29, 1.82) is 0 Å². The molecular formula is C17H19N3O3. The van der Waals surface area contributed by atoms with Gasteiger partial charge >= 0.3 is 5.69 Å². The van der Waals surface area contributed by atoms with Crippen LogP contribution >= 0.6 is 0 Å². The molecule has 3 rings (SSSR count). The zero-order valence-corrected chi connectivity index (χ0v) is 12.7. The average molecular weight is 313 g/mol. The van der Waals surface area contributed by atoms with Gasteiger partial charge in [0.05, 0.1) is 0 Å². The van der Waals surface area contributed by atoms with Gasteiger partial charge in [0.2, 0.25) is 0 Å². The molecule has 23 heavy (non-hydrogen) atoms. The number of ether oxygens (including phenoxy) is 1. The number of amides is 1. The van der Waals surface area contributed by atoms with E-state index in [1.54, 1.807) is 18.3 Å². The maximum atomic E-state index is 12.3. The van der Waals surface area contributed by atoms with E-state index >= 15 is 0 Å². The lowest BCUT2D eigenvalue weighted by Gasteiger charge is -2.22. The van der Waals surface area contributed by atoms with Crippen molar-refractivity contribution < 1.29 is 9.53 Å². The predicted molar refractivity (Wildman–Crippen MR) is 86.2 cm³/mol. The van der Waals surface area contributed by atoms with E-state index in [1.165, 1.54) is 6.20 Å². The third-order valence-corrected chi connectivity index (χ3v) is 4.02. The summed E-state index contributed by atoms with van der Waals surface area (Å²) in [4.78, 5) is 29.6. The molecule has 1 aromatic heterocycles. The van der Waals surface area contributed by atoms with Crippen LogP contribution in [0.2, 0.25) is 0 Å². The van der Waals surface area contributed by atoms with Crippen LogP contribution in [0, 0.1) is 5.92 Å². The summed E-state index contributed by atoms with van der Waals surface area (Å²) >= 11 is 0. The molecule has 0 bridgehead atoms. The maximum absolute atomic E-state index is 12.3. The highest BCUT2D eigenvalue weighted by Gasteiger charge is 2.15. The van der Waals surface area contributed by atoms with Crippen molar-refractivity contribution in [2.45, 2.75) is 12.8 Å². The van der Waals surface area contributed by atoms with Crippen molar-refractivity contribution in [3.05, 3.63) is 52.7 Å². The number of aromatic nitrogens is 2. The van der Waals surface area contributed by atoms with Crippen LogP contribution in [0.3, 0.4) is 0 Å². The number of nitrogens with one attached hydrogen (secondary N) is 2. The van der Waals surface area contributed by atoms with Crippen LogP contribution in [-0.4, -0.2) is 35.6 Å². The summed E-state index contributed by atoms with van der Waals surface area (Å²) in [5, 5.41) is 2.99. The monoisotopic (exact) mass is 313 g/mol. The first-order valence-corrected chi connectivity index (χ1v) is 7.73. The van der Waals surface area contributed by atoms with E-state index in [2.05, 4.69) is 15.3 Å². The summed E-state index contributed by atoms with van der Waals surface area (Å²) in [6, 6.07) is 7.28. The van der Waals surface area contributed by atoms with Crippen molar-refractivity contribution in [1.82, 2.24) is 15.3 Å². The average Bonchev–Trinajstić information content (AvgIpc) is 2.61. The Balaban J connectivity index is 1.67. The van der Waals surface area contributed by atoms with Gasteiger partial charge in [0.15, 0.2) is 0 Å². The molecular weight excluding hydrogens is 294 g/mol. The standard InChI is InChI=1S/C17H19N3O3/c21-16(18-9-12-4-6-23-7-5-12)14-3-1-2-13(8-14)15-10-19-17(22)20-11-15/h1-3,8,10-12H,4-7,9H2,(H,18,21)(H,19,20,22). The van der Waals surface area contributed by atoms with Gasteiger partial charge in [0.25, 0.3) is 5.91 Å². The molecule has 1 aromatic carbocycles. The number of aromatic amines is 1. The lowest BCUT2D eigenvalue weighted by atomic mass is 10.00. The molecule has 1 aliphatic heterocycles. The molecule has 2 heterocycles. The number of carbonyl (C=O) groups is 1. The topological polar surface area (TPSA) is 84.1 Å². The first-order chi connectivity index (χ1) is 11.2. The zero-order valence-electron chi connectivity index (χ0n) is 12.7. The normalized spacial score (nSPS) is 15.3. The van der Waals surface area contributed by atoms with Crippen molar-refractivity contribution in [2.75, 3.05) is 19.8 Å². The number of rotatable bonds is 4. The highest BCUT2D eigenvalue weighted by atomic mass is 16.5. The largest absolute Gasteiger partial charge is 0.381 e. The van der Waals surface area contributed by atoms with Gasteiger partial charge in [-0.1, -0.05) is 12.1 Å². The molecule has 2 N–H and O–H groups in total. The number of hydrogen-bond donors (Lipinski definition) is 2. The molecule has 0 aliphatic carbocycles. The number of benzene rings is 1. The molecule has 120 valence electrons. The molecule has 1 fully saturated rings. The molecule has 6 nitrogen and oxygen atoms in total. The first-order valence-electron chi connectivity index (χ1n) is 7.73. The lowest BCUT2D eigenvalue weighted by Crippen LogP contribution is -2.32. The number of hydrogen-bond acceptors (Lipinski definition) is 4. The van der Waals surface area contributed by atoms with Crippen molar-refractivity contribution >= 4 is 5.91 Å². The van der Waals surface area contributed by atoms with Crippen molar-refractivity contribution in [2.24, 2.45) is 5.92 Å². The molecule has 2 aromatic rings. The van der Waals surface area contributed by atoms with Gasteiger partial charge < -0.3 is 15.0 Å². The number of H-pyrrole nitrogens is 1. The van der Waals surface area contributed by atoms with Crippen LogP contribution in [0.25, 0.3) is 11.1 Å². The molecule has 0 spiro atoms. The van der Waals surface area contributed by atoms with Crippen molar-refractivity contribution in [3.8, 4) is 11.1 Å². The Labute approximate surface area is 133 Å². The van der Waals surface area contributed by atoms with Crippen molar-refractivity contribution in [3.63, 3.8) is 0 Å². The summed E-state index contributed by atoms with van der Waals surface area (Å²) in [5.74, 6) is 0.398. The second-order valence-electron chi connectivity index (χ2n) is 5.65. The smallest absolute Gasteiger partial charge is 0.344 e. The zero-order chi connectivity index (χ0) is 16.1. The fourth-order valence-electron chi connectivity index (χ4n) is 2.63. The highest BCUT2D eigenvalue weighted by Crippen LogP contribution is 2.18. The van der Waals surface area contributed by atoms with Gasteiger partial charge in [-0.3, -0.25) is 4.79 Å². The second-order valence-corrected chi connectivity index (χ2v) is 5.65. The van der Waals surface area contributed by atoms with Crippen LogP contribution in [0.15, 0.2) is 41.5 Å². The Kier molecular flexibility index (Phi) is 4.83. The van der Waals surface area contributed by atoms with Crippen LogP contribution < -0.4 is 11.0 Å². The summed E-state index contributed by atoms with van der Waals surface area (Å²) < 4.78 is 5.32. The predicted octanol–water partition coefficient (Wildman–Crippen LogP) is 1.59. The van der Waals surface area contributed by atoms with E-state index in [4.69, 9.17) is 4.74 Å². The Morgan fingerprint density at radius 2 is 2.13 bits per heavy atom. The molecule has 0 radical (unpaired) electrons. The third-order valence-electron chi connectivity index (χ3n) is 4.02. The minimum atomic E-state index is -0.390. The fraction of sp³-hybridized carbons (Fsp3) is 0.353. The van der Waals surface area contributed by atoms with Crippen LogP contribution in [0.1, 0.15) is 23.2 Å². The van der Waals surface area contributed by atoms with E-state index in [1.807, 2.05) is 12.1 Å². The van der Waals surface area contributed by atoms with Gasteiger partial charge in [-0.2, -0.15) is 0 Å². The fourth-order valence-corrected chi connectivity index (χ4v) is 2.63. The molecule has 1 saturated heterocycles. The summed E-state index contributed by atoms with van der Waals surface area (Å²) in [6.45, 7) is 2.22. The van der Waals surface area contributed by atoms with Gasteiger partial charge in [-0.05, 0) is 36.5 Å². The lowest BCUT2D eigenvalue weighted by molar-refractivity contribution is 0.0642. The first kappa shape index (κ1) is 15.4. The minimum absolute atomic E-state index is 0.0873. The number of nitrogens with zero attached hydrogens (tertiary/aromatic N) is 1. The summed E-state index contributed by atoms with van der Waals surface area (Å²) in [6.07, 6.45) is 5.07. The quantitative estimate of drug-likeness (QED) is 0.898. The van der Waals surface area contributed by atoms with E-state index < -0.39 is 0 Å². The molecule has 0 unspecified atom stereocenters. The summed E-state index contributed by atoms with van der Waals surface area (Å²) in [7, 11) is 0. The molecule has 0 atom stereocenters. The molecule has 1 amide bonds. The van der Waals surface area contributed by atoms with Crippen LogP contribution in [-0.2, 0) is 4.74 Å². The highest BCUT2D eigenvalue weighted by molar-refractivity contribution is 5.95. The van der Waals surface area contributed by atoms with Gasteiger partial charge in [-0.15, -0.1) is 0 Å². The maximum Gasteiger partial charge on any atom is 0.344 e. The Morgan fingerprint density at radius 1 is 1.30 bits per heavy atom. The minimum Gasteiger partial charge on any atom is -0.381 e. The van der Waals surface area contributed by atoms with Gasteiger partial charge in [-0.25, -0.2) is 9.78 Å². The summed E-state index contributed by atoms with van der Waals surface area (Å²) in [5.41, 5.74) is 1.82. The SMILES string of the molecule is O=C(NCC1CCOCC1)c1cccc(-c2cnc(=O)[nH]c2)c1. The van der Waals surface area contributed by atoms with Gasteiger partial charge in [0.1, 0.15) is 0 Å². The van der Waals surface area contributed by atoms with Gasteiger partial charge in [0, 0.05) is 43.3 Å². The Hall–Kier alpha value is -2.47. The van der Waals surface area contributed by atoms with Crippen LogP contribution in [0.4, 0.5) is 0 Å². The molecule has 6 heteroatoms. The van der Waals surface area contributed by atoms with E-state index in [0.717, 1.165) is 37.2 Å². The number of carbonyl (C=O) groups excluding carboxylic acids is 1. The third kappa shape index (κ3) is 4.04. The molecule has 0 saturated carbocycles. The Bertz CT molecular complexity index is 715.